The van der Waals surface area contributed by atoms with E-state index in [4.69, 9.17) is 5.73 Å². The first-order valence-electron chi connectivity index (χ1n) is 3.25. The van der Waals surface area contributed by atoms with Gasteiger partial charge < -0.3 is 5.73 Å². The van der Waals surface area contributed by atoms with Gasteiger partial charge in [0.1, 0.15) is 0 Å². The van der Waals surface area contributed by atoms with Gasteiger partial charge in [-0.15, -0.1) is 0 Å². The van der Waals surface area contributed by atoms with Crippen molar-refractivity contribution in [1.82, 2.24) is 0 Å². The highest BCUT2D eigenvalue weighted by Crippen LogP contribution is 2.05. The van der Waals surface area contributed by atoms with E-state index in [0.717, 1.165) is 12.0 Å². The summed E-state index contributed by atoms with van der Waals surface area (Å²) in [5, 5.41) is 0. The largest absolute Gasteiger partial charge is 0.326 e. The molecule has 0 saturated heterocycles. The molecule has 1 aliphatic heterocycles. The van der Waals surface area contributed by atoms with Crippen LogP contribution in [0.3, 0.4) is 0 Å². The van der Waals surface area contributed by atoms with Crippen LogP contribution in [-0.4, -0.2) is 18.8 Å². The van der Waals surface area contributed by atoms with Crippen molar-refractivity contribution in [3.63, 3.8) is 0 Å². The van der Waals surface area contributed by atoms with E-state index >= 15 is 0 Å². The fourth-order valence-electron chi connectivity index (χ4n) is 0.795. The van der Waals surface area contributed by atoms with Crippen molar-refractivity contribution < 1.29 is 0 Å². The van der Waals surface area contributed by atoms with E-state index in [9.17, 15) is 0 Å². The van der Waals surface area contributed by atoms with E-state index in [0.29, 0.717) is 12.6 Å². The van der Waals surface area contributed by atoms with E-state index < -0.39 is 0 Å². The molecule has 0 aromatic carbocycles. The Morgan fingerprint density at radius 3 is 3.11 bits per heavy atom. The number of aliphatic imine (C=N–C) groups is 1. The number of nitrogens with zero attached hydrogens (tertiary/aromatic N) is 1. The molecule has 0 amide bonds. The highest BCUT2D eigenvalue weighted by atomic mass is 14.8. The van der Waals surface area contributed by atoms with Crippen molar-refractivity contribution in [2.45, 2.75) is 19.4 Å². The van der Waals surface area contributed by atoms with Crippen LogP contribution in [0.15, 0.2) is 16.6 Å². The summed E-state index contributed by atoms with van der Waals surface area (Å²) >= 11 is 0. The number of nitrogens with two attached hydrogens (primary N) is 1. The SMILES string of the molecule is CC1CC=C(CN)C=N1. The van der Waals surface area contributed by atoms with Crippen molar-refractivity contribution in [2.75, 3.05) is 6.54 Å². The third-order valence-electron chi connectivity index (χ3n) is 1.45. The highest BCUT2D eigenvalue weighted by molar-refractivity contribution is 5.79. The van der Waals surface area contributed by atoms with Crippen LogP contribution in [0.1, 0.15) is 13.3 Å². The molecular weight excluding hydrogens is 112 g/mol. The summed E-state index contributed by atoms with van der Waals surface area (Å²) in [5.41, 5.74) is 6.55. The topological polar surface area (TPSA) is 38.4 Å². The molecule has 2 heteroatoms. The zero-order valence-electron chi connectivity index (χ0n) is 5.67. The third-order valence-corrected chi connectivity index (χ3v) is 1.45. The van der Waals surface area contributed by atoms with Gasteiger partial charge in [0.2, 0.25) is 0 Å². The van der Waals surface area contributed by atoms with Crippen LogP contribution >= 0.6 is 0 Å². The number of dihydropyridines is 1. The predicted molar refractivity (Wildman–Crippen MR) is 39.7 cm³/mol. The molecule has 0 bridgehead atoms. The molecule has 0 spiro atoms. The van der Waals surface area contributed by atoms with Crippen molar-refractivity contribution in [3.05, 3.63) is 11.6 Å². The summed E-state index contributed by atoms with van der Waals surface area (Å²) in [6, 6.07) is 0.459. The minimum atomic E-state index is 0.459. The van der Waals surface area contributed by atoms with Gasteiger partial charge >= 0.3 is 0 Å². The average molecular weight is 124 g/mol. The molecule has 1 atom stereocenters. The summed E-state index contributed by atoms with van der Waals surface area (Å²) in [6.45, 7) is 2.72. The van der Waals surface area contributed by atoms with Crippen LogP contribution < -0.4 is 5.73 Å². The lowest BCUT2D eigenvalue weighted by molar-refractivity contribution is 0.750. The molecule has 0 aromatic rings. The summed E-state index contributed by atoms with van der Waals surface area (Å²) in [4.78, 5) is 4.21. The van der Waals surface area contributed by atoms with Gasteiger partial charge in [0.05, 0.1) is 6.04 Å². The van der Waals surface area contributed by atoms with E-state index in [2.05, 4.69) is 18.0 Å². The van der Waals surface area contributed by atoms with Crippen LogP contribution in [0.5, 0.6) is 0 Å². The maximum Gasteiger partial charge on any atom is 0.0506 e. The second-order valence-corrected chi connectivity index (χ2v) is 2.35. The molecule has 0 saturated carbocycles. The van der Waals surface area contributed by atoms with Crippen LogP contribution in [0, 0.1) is 0 Å². The molecule has 9 heavy (non-hydrogen) atoms. The number of hydrogen-bond acceptors (Lipinski definition) is 2. The second kappa shape index (κ2) is 2.78. The Bertz CT molecular complexity index is 147. The Labute approximate surface area is 55.5 Å². The van der Waals surface area contributed by atoms with Crippen LogP contribution in [0.4, 0.5) is 0 Å². The third kappa shape index (κ3) is 1.64. The lowest BCUT2D eigenvalue weighted by Crippen LogP contribution is -2.10. The van der Waals surface area contributed by atoms with Gasteiger partial charge in [-0.05, 0) is 18.9 Å². The minimum Gasteiger partial charge on any atom is -0.326 e. The van der Waals surface area contributed by atoms with Gasteiger partial charge in [0.15, 0.2) is 0 Å². The Kier molecular flexibility index (Phi) is 2.01. The zero-order chi connectivity index (χ0) is 6.69. The fourth-order valence-corrected chi connectivity index (χ4v) is 0.795. The molecule has 50 valence electrons. The molecule has 1 heterocycles. The summed E-state index contributed by atoms with van der Waals surface area (Å²) in [5.74, 6) is 0. The molecule has 1 aliphatic rings. The second-order valence-electron chi connectivity index (χ2n) is 2.35. The summed E-state index contributed by atoms with van der Waals surface area (Å²) in [6.07, 6.45) is 5.06. The first-order chi connectivity index (χ1) is 4.33. The number of rotatable bonds is 1. The first-order valence-corrected chi connectivity index (χ1v) is 3.25. The van der Waals surface area contributed by atoms with E-state index in [1.165, 1.54) is 0 Å². The molecular formula is C7H12N2. The molecule has 0 fully saturated rings. The predicted octanol–water partition coefficient (Wildman–Crippen LogP) is 0.735. The molecule has 2 N–H and O–H groups in total. The summed E-state index contributed by atoms with van der Waals surface area (Å²) in [7, 11) is 0. The average Bonchev–Trinajstić information content (AvgIpc) is 1.90. The van der Waals surface area contributed by atoms with Gasteiger partial charge in [-0.2, -0.15) is 0 Å². The van der Waals surface area contributed by atoms with Crippen molar-refractivity contribution in [1.29, 1.82) is 0 Å². The lowest BCUT2D eigenvalue weighted by atomic mass is 10.1. The Balaban J connectivity index is 2.52. The molecule has 2 nitrogen and oxygen atoms in total. The normalized spacial score (nSPS) is 26.0. The van der Waals surface area contributed by atoms with Gasteiger partial charge in [-0.3, -0.25) is 4.99 Å². The van der Waals surface area contributed by atoms with Gasteiger partial charge in [0, 0.05) is 12.8 Å². The number of hydrogen-bond donors (Lipinski definition) is 1. The molecule has 0 radical (unpaired) electrons. The van der Waals surface area contributed by atoms with E-state index in [1.807, 2.05) is 6.21 Å². The van der Waals surface area contributed by atoms with Gasteiger partial charge in [-0.25, -0.2) is 0 Å². The first kappa shape index (κ1) is 6.49. The summed E-state index contributed by atoms with van der Waals surface area (Å²) < 4.78 is 0. The monoisotopic (exact) mass is 124 g/mol. The maximum absolute atomic E-state index is 5.39. The van der Waals surface area contributed by atoms with Gasteiger partial charge in [-0.1, -0.05) is 6.08 Å². The Morgan fingerprint density at radius 2 is 2.67 bits per heavy atom. The van der Waals surface area contributed by atoms with Gasteiger partial charge in [0.25, 0.3) is 0 Å². The minimum absolute atomic E-state index is 0.459. The van der Waals surface area contributed by atoms with E-state index in [1.54, 1.807) is 0 Å². The quantitative estimate of drug-likeness (QED) is 0.550. The van der Waals surface area contributed by atoms with E-state index in [-0.39, 0.29) is 0 Å². The highest BCUT2D eigenvalue weighted by Gasteiger charge is 2.01. The lowest BCUT2D eigenvalue weighted by Gasteiger charge is -2.08. The van der Waals surface area contributed by atoms with Crippen molar-refractivity contribution in [2.24, 2.45) is 10.7 Å². The standard InChI is InChI=1S/C7H12N2/c1-6-2-3-7(4-8)5-9-6/h3,5-6H,2,4,8H2,1H3. The molecule has 0 aliphatic carbocycles. The smallest absolute Gasteiger partial charge is 0.0506 e. The van der Waals surface area contributed by atoms with Crippen molar-refractivity contribution >= 4 is 6.21 Å². The Morgan fingerprint density at radius 1 is 1.89 bits per heavy atom. The maximum atomic E-state index is 5.39. The molecule has 1 unspecified atom stereocenters. The van der Waals surface area contributed by atoms with Crippen LogP contribution in [-0.2, 0) is 0 Å². The Hall–Kier alpha value is -0.630. The molecule has 1 rings (SSSR count). The van der Waals surface area contributed by atoms with Crippen LogP contribution in [0.2, 0.25) is 0 Å². The molecule has 0 aromatic heterocycles. The van der Waals surface area contributed by atoms with Crippen LogP contribution in [0.25, 0.3) is 0 Å². The van der Waals surface area contributed by atoms with Crippen molar-refractivity contribution in [3.8, 4) is 0 Å². The zero-order valence-corrected chi connectivity index (χ0v) is 5.67. The fraction of sp³-hybridized carbons (Fsp3) is 0.571.